The summed E-state index contributed by atoms with van der Waals surface area (Å²) in [6.45, 7) is 4.65. The van der Waals surface area contributed by atoms with E-state index in [9.17, 15) is 4.79 Å². The molecule has 138 valence electrons. The first-order valence-electron chi connectivity index (χ1n) is 8.90. The minimum Gasteiger partial charge on any atom is -0.493 e. The number of benzene rings is 2. The monoisotopic (exact) mass is 354 g/mol. The van der Waals surface area contributed by atoms with Gasteiger partial charge in [-0.3, -0.25) is 0 Å². The minimum absolute atomic E-state index is 0.280. The first-order chi connectivity index (χ1) is 12.7. The van der Waals surface area contributed by atoms with E-state index in [1.54, 1.807) is 14.0 Å². The van der Waals surface area contributed by atoms with Crippen molar-refractivity contribution in [2.24, 2.45) is 0 Å². The zero-order valence-corrected chi connectivity index (χ0v) is 15.7. The Morgan fingerprint density at radius 1 is 1.04 bits per heavy atom. The van der Waals surface area contributed by atoms with Gasteiger partial charge in [0.25, 0.3) is 0 Å². The van der Waals surface area contributed by atoms with Crippen LogP contribution in [0.1, 0.15) is 31.4 Å². The van der Waals surface area contributed by atoms with Crippen LogP contribution in [0.3, 0.4) is 0 Å². The smallest absolute Gasteiger partial charge is 0.333 e. The summed E-state index contributed by atoms with van der Waals surface area (Å²) in [4.78, 5) is 12.0. The normalized spacial score (nSPS) is 11.1. The second kappa shape index (κ2) is 10.3. The second-order valence-corrected chi connectivity index (χ2v) is 5.74. The molecule has 0 bridgehead atoms. The Bertz CT molecular complexity index is 735. The van der Waals surface area contributed by atoms with E-state index in [2.05, 4.69) is 12.1 Å². The van der Waals surface area contributed by atoms with Crippen molar-refractivity contribution in [1.29, 1.82) is 0 Å². The molecule has 2 aromatic carbocycles. The third kappa shape index (κ3) is 5.66. The van der Waals surface area contributed by atoms with Crippen molar-refractivity contribution in [2.45, 2.75) is 26.7 Å². The highest BCUT2D eigenvalue weighted by Gasteiger charge is 2.10. The van der Waals surface area contributed by atoms with Crippen molar-refractivity contribution in [2.75, 3.05) is 20.3 Å². The lowest BCUT2D eigenvalue weighted by atomic mass is 10.1. The third-order valence-corrected chi connectivity index (χ3v) is 3.94. The van der Waals surface area contributed by atoms with Crippen LogP contribution in [-0.4, -0.2) is 26.3 Å². The fourth-order valence-electron chi connectivity index (χ4n) is 2.55. The van der Waals surface area contributed by atoms with E-state index in [-0.39, 0.29) is 5.97 Å². The number of hydrogen-bond acceptors (Lipinski definition) is 4. The van der Waals surface area contributed by atoms with Gasteiger partial charge in [0.05, 0.1) is 20.3 Å². The van der Waals surface area contributed by atoms with Crippen LogP contribution in [0.2, 0.25) is 0 Å². The summed E-state index contributed by atoms with van der Waals surface area (Å²) in [6.07, 6.45) is 3.25. The molecular formula is C22H26O4. The summed E-state index contributed by atoms with van der Waals surface area (Å²) in [6, 6.07) is 15.8. The third-order valence-electron chi connectivity index (χ3n) is 3.94. The van der Waals surface area contributed by atoms with Crippen molar-refractivity contribution in [3.8, 4) is 11.5 Å². The van der Waals surface area contributed by atoms with Crippen LogP contribution in [0, 0.1) is 0 Å². The Kier molecular flexibility index (Phi) is 7.75. The Labute approximate surface area is 155 Å². The molecule has 26 heavy (non-hydrogen) atoms. The van der Waals surface area contributed by atoms with Crippen LogP contribution in [0.15, 0.2) is 54.1 Å². The highest BCUT2D eigenvalue weighted by Crippen LogP contribution is 2.29. The van der Waals surface area contributed by atoms with Gasteiger partial charge >= 0.3 is 5.97 Å². The number of rotatable bonds is 9. The molecule has 0 unspecified atom stereocenters. The lowest BCUT2D eigenvalue weighted by Crippen LogP contribution is -2.07. The van der Waals surface area contributed by atoms with Gasteiger partial charge in [-0.15, -0.1) is 0 Å². The average molecular weight is 354 g/mol. The van der Waals surface area contributed by atoms with Gasteiger partial charge in [-0.1, -0.05) is 43.3 Å². The fourth-order valence-corrected chi connectivity index (χ4v) is 2.55. The minimum atomic E-state index is -0.280. The summed E-state index contributed by atoms with van der Waals surface area (Å²) < 4.78 is 16.4. The van der Waals surface area contributed by atoms with Gasteiger partial charge in [-0.2, -0.15) is 0 Å². The Balaban J connectivity index is 2.12. The summed E-state index contributed by atoms with van der Waals surface area (Å²) in [5, 5.41) is 0. The van der Waals surface area contributed by atoms with Gasteiger partial charge < -0.3 is 14.2 Å². The van der Waals surface area contributed by atoms with Crippen LogP contribution >= 0.6 is 0 Å². The van der Waals surface area contributed by atoms with Gasteiger partial charge in [0, 0.05) is 12.0 Å². The zero-order chi connectivity index (χ0) is 18.8. The predicted octanol–water partition coefficient (Wildman–Crippen LogP) is 4.67. The maximum absolute atomic E-state index is 12.0. The molecule has 0 aliphatic rings. The first kappa shape index (κ1) is 19.6. The predicted molar refractivity (Wildman–Crippen MR) is 104 cm³/mol. The summed E-state index contributed by atoms with van der Waals surface area (Å²) in [7, 11) is 1.62. The SMILES string of the molecule is CCOC(=O)/C(=C/c1ccc(OC)c(OCCc2ccccc2)c1)CC. The van der Waals surface area contributed by atoms with E-state index in [0.717, 1.165) is 12.0 Å². The Morgan fingerprint density at radius 3 is 2.46 bits per heavy atom. The van der Waals surface area contributed by atoms with Gasteiger partial charge in [-0.25, -0.2) is 4.79 Å². The van der Waals surface area contributed by atoms with Crippen LogP contribution in [-0.2, 0) is 16.0 Å². The van der Waals surface area contributed by atoms with Gasteiger partial charge in [0.15, 0.2) is 11.5 Å². The van der Waals surface area contributed by atoms with E-state index < -0.39 is 0 Å². The molecule has 0 fully saturated rings. The van der Waals surface area contributed by atoms with E-state index >= 15 is 0 Å². The Morgan fingerprint density at radius 2 is 1.81 bits per heavy atom. The quantitative estimate of drug-likeness (QED) is 0.485. The van der Waals surface area contributed by atoms with Gasteiger partial charge in [0.2, 0.25) is 0 Å². The van der Waals surface area contributed by atoms with E-state index in [0.29, 0.717) is 36.7 Å². The average Bonchev–Trinajstić information content (AvgIpc) is 2.67. The Hall–Kier alpha value is -2.75. The molecule has 0 amide bonds. The molecule has 2 rings (SSSR count). The van der Waals surface area contributed by atoms with Gasteiger partial charge in [0.1, 0.15) is 0 Å². The molecule has 0 spiro atoms. The lowest BCUT2D eigenvalue weighted by molar-refractivity contribution is -0.138. The highest BCUT2D eigenvalue weighted by atomic mass is 16.5. The maximum Gasteiger partial charge on any atom is 0.333 e. The molecule has 0 N–H and O–H groups in total. The number of carbonyl (C=O) groups excluding carboxylic acids is 1. The van der Waals surface area contributed by atoms with E-state index in [4.69, 9.17) is 14.2 Å². The first-order valence-corrected chi connectivity index (χ1v) is 8.90. The molecule has 0 radical (unpaired) electrons. The van der Waals surface area contributed by atoms with E-state index in [1.165, 1.54) is 5.56 Å². The van der Waals surface area contributed by atoms with Crippen LogP contribution in [0.4, 0.5) is 0 Å². The summed E-state index contributed by atoms with van der Waals surface area (Å²) >= 11 is 0. The number of carbonyl (C=O) groups is 1. The van der Waals surface area contributed by atoms with Crippen molar-refractivity contribution < 1.29 is 19.0 Å². The largest absolute Gasteiger partial charge is 0.493 e. The molecule has 2 aromatic rings. The van der Waals surface area contributed by atoms with Crippen LogP contribution in [0.5, 0.6) is 11.5 Å². The number of esters is 1. The number of methoxy groups -OCH3 is 1. The second-order valence-electron chi connectivity index (χ2n) is 5.74. The number of hydrogen-bond donors (Lipinski definition) is 0. The molecule has 4 nitrogen and oxygen atoms in total. The highest BCUT2D eigenvalue weighted by molar-refractivity contribution is 5.93. The van der Waals surface area contributed by atoms with Crippen molar-refractivity contribution in [3.05, 3.63) is 65.2 Å². The topological polar surface area (TPSA) is 44.8 Å². The molecule has 0 aromatic heterocycles. The molecular weight excluding hydrogens is 328 g/mol. The fraction of sp³-hybridized carbons (Fsp3) is 0.318. The zero-order valence-electron chi connectivity index (χ0n) is 15.7. The van der Waals surface area contributed by atoms with Crippen molar-refractivity contribution in [3.63, 3.8) is 0 Å². The molecule has 0 aliphatic heterocycles. The molecule has 0 atom stereocenters. The molecule has 0 aliphatic carbocycles. The standard InChI is InChI=1S/C22H26O4/c1-4-19(22(23)25-5-2)15-18-11-12-20(24-3)21(16-18)26-14-13-17-9-7-6-8-10-17/h6-12,15-16H,4-5,13-14H2,1-3H3/b19-15+. The van der Waals surface area contributed by atoms with Gasteiger partial charge in [-0.05, 0) is 42.7 Å². The molecule has 0 heterocycles. The van der Waals surface area contributed by atoms with Crippen LogP contribution < -0.4 is 9.47 Å². The summed E-state index contributed by atoms with van der Waals surface area (Å²) in [5.41, 5.74) is 2.73. The molecule has 0 saturated carbocycles. The van der Waals surface area contributed by atoms with Crippen LogP contribution in [0.25, 0.3) is 6.08 Å². The molecule has 4 heteroatoms. The summed E-state index contributed by atoms with van der Waals surface area (Å²) in [5.74, 6) is 1.05. The number of ether oxygens (including phenoxy) is 3. The molecule has 0 saturated heterocycles. The van der Waals surface area contributed by atoms with Crippen molar-refractivity contribution in [1.82, 2.24) is 0 Å². The lowest BCUT2D eigenvalue weighted by Gasteiger charge is -2.12. The maximum atomic E-state index is 12.0. The van der Waals surface area contributed by atoms with E-state index in [1.807, 2.05) is 49.4 Å². The van der Waals surface area contributed by atoms with Crippen molar-refractivity contribution >= 4 is 12.0 Å².